The summed E-state index contributed by atoms with van der Waals surface area (Å²) in [5.41, 5.74) is 3.93. The van der Waals surface area contributed by atoms with Crippen LogP contribution in [0.25, 0.3) is 22.3 Å². The van der Waals surface area contributed by atoms with Crippen LogP contribution >= 0.6 is 11.3 Å². The molecule has 2 aromatic heterocycles. The van der Waals surface area contributed by atoms with E-state index in [1.807, 2.05) is 35.7 Å². The highest BCUT2D eigenvalue weighted by molar-refractivity contribution is 7.13. The predicted molar refractivity (Wildman–Crippen MR) is 112 cm³/mol. The van der Waals surface area contributed by atoms with Gasteiger partial charge in [-0.3, -0.25) is 0 Å². The molecule has 4 aromatic rings. The molecule has 142 valence electrons. The van der Waals surface area contributed by atoms with Gasteiger partial charge in [-0.15, -0.1) is 11.3 Å². The molecule has 0 saturated heterocycles. The first-order chi connectivity index (χ1) is 13.6. The number of benzene rings is 2. The number of methoxy groups -OCH3 is 2. The minimum Gasteiger partial charge on any atom is -0.493 e. The zero-order valence-corrected chi connectivity index (χ0v) is 17.0. The number of aromatic nitrogens is 1. The number of ether oxygens (including phenoxy) is 2. The van der Waals surface area contributed by atoms with Crippen molar-refractivity contribution in [2.45, 2.75) is 13.8 Å². The van der Waals surface area contributed by atoms with E-state index >= 15 is 0 Å². The van der Waals surface area contributed by atoms with Gasteiger partial charge in [0.1, 0.15) is 11.3 Å². The van der Waals surface area contributed by atoms with Gasteiger partial charge in [0.2, 0.25) is 5.13 Å². The molecule has 0 fully saturated rings. The smallest absolute Gasteiger partial charge is 0.209 e. The first kappa shape index (κ1) is 18.3. The van der Waals surface area contributed by atoms with Gasteiger partial charge in [0.05, 0.1) is 19.6 Å². The first-order valence-corrected chi connectivity index (χ1v) is 9.68. The fourth-order valence-corrected chi connectivity index (χ4v) is 3.79. The zero-order chi connectivity index (χ0) is 19.7. The summed E-state index contributed by atoms with van der Waals surface area (Å²) in [5.74, 6) is 2.02. The molecule has 0 unspecified atom stereocenters. The molecule has 0 aliphatic rings. The van der Waals surface area contributed by atoms with Gasteiger partial charge in [0.15, 0.2) is 11.5 Å². The molecule has 0 aliphatic heterocycles. The third-order valence-electron chi connectivity index (χ3n) is 4.49. The van der Waals surface area contributed by atoms with Gasteiger partial charge in [-0.25, -0.2) is 9.98 Å². The van der Waals surface area contributed by atoms with E-state index in [2.05, 4.69) is 24.9 Å². The van der Waals surface area contributed by atoms with Crippen LogP contribution in [0.4, 0.5) is 5.13 Å². The van der Waals surface area contributed by atoms with Crippen molar-refractivity contribution in [2.75, 3.05) is 14.2 Å². The number of rotatable bonds is 4. The highest BCUT2D eigenvalue weighted by atomic mass is 32.1. The summed E-state index contributed by atoms with van der Waals surface area (Å²) in [6, 6.07) is 11.8. The Balaban J connectivity index is 2.01. The van der Waals surface area contributed by atoms with Gasteiger partial charge in [-0.1, -0.05) is 6.07 Å². The summed E-state index contributed by atoms with van der Waals surface area (Å²) in [6.07, 6.45) is 1.76. The Morgan fingerprint density at radius 2 is 1.82 bits per heavy atom. The molecule has 4 rings (SSSR count). The van der Waals surface area contributed by atoms with Gasteiger partial charge in [-0.05, 0) is 49.2 Å². The third-order valence-corrected chi connectivity index (χ3v) is 5.16. The van der Waals surface area contributed by atoms with Crippen molar-refractivity contribution in [1.82, 2.24) is 4.98 Å². The van der Waals surface area contributed by atoms with Crippen LogP contribution in [0.2, 0.25) is 0 Å². The Hall–Kier alpha value is -3.12. The van der Waals surface area contributed by atoms with Crippen molar-refractivity contribution in [3.8, 4) is 22.8 Å². The van der Waals surface area contributed by atoms with Crippen LogP contribution in [0.5, 0.6) is 11.5 Å². The van der Waals surface area contributed by atoms with Crippen LogP contribution in [0.15, 0.2) is 57.4 Å². The van der Waals surface area contributed by atoms with E-state index in [9.17, 15) is 0 Å². The Morgan fingerprint density at radius 3 is 2.54 bits per heavy atom. The Bertz CT molecular complexity index is 1210. The number of fused-ring (bicyclic) bond motifs is 1. The lowest BCUT2D eigenvalue weighted by molar-refractivity contribution is 0.355. The lowest BCUT2D eigenvalue weighted by atomic mass is 10.0. The maximum Gasteiger partial charge on any atom is 0.209 e. The number of hydrogen-bond donors (Lipinski definition) is 0. The zero-order valence-electron chi connectivity index (χ0n) is 16.1. The number of thiazole rings is 1. The minimum absolute atomic E-state index is 0.647. The van der Waals surface area contributed by atoms with Crippen LogP contribution in [-0.2, 0) is 0 Å². The molecule has 5 nitrogen and oxygen atoms in total. The molecule has 0 N–H and O–H groups in total. The highest BCUT2D eigenvalue weighted by Gasteiger charge is 2.12. The molecular weight excluding hydrogens is 372 g/mol. The van der Waals surface area contributed by atoms with Crippen LogP contribution < -0.4 is 14.8 Å². The average molecular weight is 392 g/mol. The third kappa shape index (κ3) is 3.39. The first-order valence-electron chi connectivity index (χ1n) is 8.81. The second kappa shape index (κ2) is 7.48. The monoisotopic (exact) mass is 392 g/mol. The van der Waals surface area contributed by atoms with E-state index in [1.165, 1.54) is 11.3 Å². The predicted octanol–water partition coefficient (Wildman–Crippen LogP) is 5.42. The van der Waals surface area contributed by atoms with Crippen molar-refractivity contribution < 1.29 is 13.9 Å². The molecule has 0 radical (unpaired) electrons. The molecule has 0 atom stereocenters. The van der Waals surface area contributed by atoms with E-state index in [0.717, 1.165) is 33.0 Å². The van der Waals surface area contributed by atoms with Gasteiger partial charge in [0, 0.05) is 28.6 Å². The van der Waals surface area contributed by atoms with Crippen LogP contribution in [-0.4, -0.2) is 19.2 Å². The molecule has 2 aromatic carbocycles. The quantitative estimate of drug-likeness (QED) is 0.465. The number of hydrogen-bond acceptors (Lipinski definition) is 6. The number of aryl methyl sites for hydroxylation is 2. The van der Waals surface area contributed by atoms with E-state index in [-0.39, 0.29) is 0 Å². The summed E-state index contributed by atoms with van der Waals surface area (Å²) in [5, 5.41) is 4.45. The summed E-state index contributed by atoms with van der Waals surface area (Å²) >= 11 is 1.50. The Morgan fingerprint density at radius 1 is 1.00 bits per heavy atom. The van der Waals surface area contributed by atoms with Crippen LogP contribution in [0.1, 0.15) is 11.1 Å². The fraction of sp³-hybridized carbons (Fsp3) is 0.182. The topological polar surface area (TPSA) is 56.9 Å². The highest BCUT2D eigenvalue weighted by Crippen LogP contribution is 2.33. The van der Waals surface area contributed by atoms with Gasteiger partial charge in [0.25, 0.3) is 0 Å². The lowest BCUT2D eigenvalue weighted by Gasteiger charge is -2.11. The summed E-state index contributed by atoms with van der Waals surface area (Å²) in [4.78, 5) is 9.08. The SMILES string of the molecule is COc1ccc(-c2cc(=Nc3nccs3)c3c(C)cc(C)cc3o2)cc1OC. The van der Waals surface area contributed by atoms with Crippen molar-refractivity contribution in [3.05, 3.63) is 64.5 Å². The molecule has 0 spiro atoms. The molecule has 28 heavy (non-hydrogen) atoms. The van der Waals surface area contributed by atoms with Crippen LogP contribution in [0, 0.1) is 13.8 Å². The molecule has 0 amide bonds. The molecule has 0 aliphatic carbocycles. The molecule has 2 heterocycles. The van der Waals surface area contributed by atoms with Crippen molar-refractivity contribution in [1.29, 1.82) is 0 Å². The maximum atomic E-state index is 6.27. The van der Waals surface area contributed by atoms with Gasteiger partial charge >= 0.3 is 0 Å². The van der Waals surface area contributed by atoms with Crippen molar-refractivity contribution in [3.63, 3.8) is 0 Å². The summed E-state index contributed by atoms with van der Waals surface area (Å²) < 4.78 is 17.1. The standard InChI is InChI=1S/C22H20N2O3S/c1-13-9-14(2)21-16(24-22-23-7-8-28-22)12-18(27-20(21)10-13)15-5-6-17(25-3)19(11-15)26-4/h5-12H,1-4H3. The summed E-state index contributed by atoms with van der Waals surface area (Å²) in [6.45, 7) is 4.13. The number of nitrogens with zero attached hydrogens (tertiary/aromatic N) is 2. The van der Waals surface area contributed by atoms with Crippen molar-refractivity contribution in [2.24, 2.45) is 4.99 Å². The van der Waals surface area contributed by atoms with E-state index in [0.29, 0.717) is 22.4 Å². The van der Waals surface area contributed by atoms with E-state index in [4.69, 9.17) is 18.9 Å². The largest absolute Gasteiger partial charge is 0.493 e. The molecular formula is C22H20N2O3S. The molecule has 0 bridgehead atoms. The van der Waals surface area contributed by atoms with Crippen LogP contribution in [0.3, 0.4) is 0 Å². The van der Waals surface area contributed by atoms with E-state index < -0.39 is 0 Å². The van der Waals surface area contributed by atoms with Gasteiger partial charge in [-0.2, -0.15) is 0 Å². The second-order valence-corrected chi connectivity index (χ2v) is 7.32. The van der Waals surface area contributed by atoms with E-state index in [1.54, 1.807) is 20.4 Å². The normalized spacial score (nSPS) is 11.8. The maximum absolute atomic E-state index is 6.27. The lowest BCUT2D eigenvalue weighted by Crippen LogP contribution is -2.05. The minimum atomic E-state index is 0.647. The fourth-order valence-electron chi connectivity index (χ4n) is 3.28. The van der Waals surface area contributed by atoms with Gasteiger partial charge < -0.3 is 13.9 Å². The Kier molecular flexibility index (Phi) is 4.88. The Labute approximate surface area is 166 Å². The molecule has 0 saturated carbocycles. The summed E-state index contributed by atoms with van der Waals surface area (Å²) in [7, 11) is 3.24. The second-order valence-electron chi connectivity index (χ2n) is 6.45. The van der Waals surface area contributed by atoms with Crippen molar-refractivity contribution >= 4 is 27.4 Å². The molecule has 6 heteroatoms. The average Bonchev–Trinajstić information content (AvgIpc) is 3.19.